The van der Waals surface area contributed by atoms with Crippen molar-refractivity contribution in [3.63, 3.8) is 0 Å². The molecule has 0 saturated carbocycles. The molecule has 0 fully saturated rings. The van der Waals surface area contributed by atoms with E-state index in [2.05, 4.69) is 44.4 Å². The van der Waals surface area contributed by atoms with E-state index in [1.807, 2.05) is 0 Å². The SMILES string of the molecule is CCN(CC)CCCC(C)CCCN(CC)CC.[SnH2]. The van der Waals surface area contributed by atoms with Crippen molar-refractivity contribution in [1.82, 2.24) is 9.80 Å². The molecule has 2 nitrogen and oxygen atoms in total. The maximum atomic E-state index is 2.53. The Morgan fingerprint density at radius 3 is 1.26 bits per heavy atom. The Kier molecular flexibility index (Phi) is 17.5. The normalized spacial score (nSPS) is 11.4. The van der Waals surface area contributed by atoms with Crippen LogP contribution in [-0.4, -0.2) is 73.0 Å². The molecule has 0 amide bonds. The summed E-state index contributed by atoms with van der Waals surface area (Å²) in [5, 5.41) is 0. The molecule has 2 radical (unpaired) electrons. The number of rotatable bonds is 12. The first-order chi connectivity index (χ1) is 8.67. The van der Waals surface area contributed by atoms with Gasteiger partial charge in [-0.15, -0.1) is 0 Å². The van der Waals surface area contributed by atoms with Gasteiger partial charge in [0.05, 0.1) is 0 Å². The van der Waals surface area contributed by atoms with Crippen LogP contribution in [0.25, 0.3) is 0 Å². The molecule has 0 aliphatic rings. The fourth-order valence-electron chi connectivity index (χ4n) is 2.55. The molecule has 0 rings (SSSR count). The molecule has 0 aliphatic heterocycles. The van der Waals surface area contributed by atoms with E-state index >= 15 is 0 Å². The minimum atomic E-state index is 0. The number of nitrogens with zero attached hydrogens (tertiary/aromatic N) is 2. The van der Waals surface area contributed by atoms with Crippen molar-refractivity contribution in [1.29, 1.82) is 0 Å². The zero-order valence-electron chi connectivity index (χ0n) is 14.2. The summed E-state index contributed by atoms with van der Waals surface area (Å²) in [5.41, 5.74) is 0. The van der Waals surface area contributed by atoms with Gasteiger partial charge in [-0.1, -0.05) is 34.6 Å². The number of hydrogen-bond acceptors (Lipinski definition) is 2. The molecule has 0 aromatic rings. The van der Waals surface area contributed by atoms with E-state index in [9.17, 15) is 0 Å². The Morgan fingerprint density at radius 2 is 1.00 bits per heavy atom. The second-order valence-corrected chi connectivity index (χ2v) is 5.44. The van der Waals surface area contributed by atoms with Gasteiger partial charge in [0, 0.05) is 0 Å². The zero-order chi connectivity index (χ0) is 13.8. The predicted octanol–water partition coefficient (Wildman–Crippen LogP) is 2.95. The molecule has 0 spiro atoms. The third-order valence-corrected chi connectivity index (χ3v) is 4.13. The van der Waals surface area contributed by atoms with Crippen LogP contribution in [0.2, 0.25) is 0 Å². The molecule has 0 heterocycles. The van der Waals surface area contributed by atoms with Crippen molar-refractivity contribution in [3.05, 3.63) is 0 Å². The van der Waals surface area contributed by atoms with Gasteiger partial charge in [-0.05, 0) is 70.9 Å². The third-order valence-electron chi connectivity index (χ3n) is 4.13. The first-order valence-electron chi connectivity index (χ1n) is 8.12. The van der Waals surface area contributed by atoms with Gasteiger partial charge in [0.25, 0.3) is 0 Å². The van der Waals surface area contributed by atoms with Crippen LogP contribution in [0.3, 0.4) is 0 Å². The summed E-state index contributed by atoms with van der Waals surface area (Å²) < 4.78 is 0. The Morgan fingerprint density at radius 1 is 0.684 bits per heavy atom. The molecule has 0 bridgehead atoms. The van der Waals surface area contributed by atoms with Crippen molar-refractivity contribution in [2.45, 2.75) is 60.3 Å². The van der Waals surface area contributed by atoms with Crippen molar-refractivity contribution in [2.24, 2.45) is 5.92 Å². The van der Waals surface area contributed by atoms with Gasteiger partial charge in [0.2, 0.25) is 0 Å². The molecule has 0 aromatic heterocycles. The van der Waals surface area contributed by atoms with E-state index in [0.717, 1.165) is 5.92 Å². The van der Waals surface area contributed by atoms with E-state index in [1.54, 1.807) is 0 Å². The average Bonchev–Trinajstić information content (AvgIpc) is 2.40. The monoisotopic (exact) mass is 378 g/mol. The van der Waals surface area contributed by atoms with Gasteiger partial charge >= 0.3 is 23.9 Å². The Balaban J connectivity index is 0. The quantitative estimate of drug-likeness (QED) is 0.483. The molecular formula is C16H38N2Sn. The van der Waals surface area contributed by atoms with E-state index in [-0.39, 0.29) is 23.9 Å². The summed E-state index contributed by atoms with van der Waals surface area (Å²) in [7, 11) is 0. The molecule has 0 aromatic carbocycles. The van der Waals surface area contributed by atoms with Gasteiger partial charge in [-0.25, -0.2) is 0 Å². The van der Waals surface area contributed by atoms with Crippen molar-refractivity contribution >= 4 is 23.9 Å². The van der Waals surface area contributed by atoms with Crippen LogP contribution < -0.4 is 0 Å². The predicted molar refractivity (Wildman–Crippen MR) is 91.8 cm³/mol. The fourth-order valence-corrected chi connectivity index (χ4v) is 2.55. The Hall–Kier alpha value is 0.719. The summed E-state index contributed by atoms with van der Waals surface area (Å²) in [4.78, 5) is 5.06. The van der Waals surface area contributed by atoms with Crippen LogP contribution in [0.1, 0.15) is 60.3 Å². The van der Waals surface area contributed by atoms with Gasteiger partial charge < -0.3 is 9.80 Å². The molecule has 0 N–H and O–H groups in total. The summed E-state index contributed by atoms with van der Waals surface area (Å²) >= 11 is 0. The average molecular weight is 377 g/mol. The van der Waals surface area contributed by atoms with Crippen molar-refractivity contribution in [3.8, 4) is 0 Å². The van der Waals surface area contributed by atoms with Crippen molar-refractivity contribution < 1.29 is 0 Å². The Labute approximate surface area is 139 Å². The number of hydrogen-bond donors (Lipinski definition) is 0. The minimum absolute atomic E-state index is 0. The van der Waals surface area contributed by atoms with Gasteiger partial charge in [-0.3, -0.25) is 0 Å². The topological polar surface area (TPSA) is 6.48 Å². The summed E-state index contributed by atoms with van der Waals surface area (Å²) in [6.45, 7) is 18.8. The second-order valence-electron chi connectivity index (χ2n) is 5.44. The molecular weight excluding hydrogens is 339 g/mol. The second kappa shape index (κ2) is 15.1. The maximum absolute atomic E-state index is 2.53. The molecule has 0 atom stereocenters. The zero-order valence-corrected chi connectivity index (χ0v) is 18.3. The van der Waals surface area contributed by atoms with Gasteiger partial charge in [0.15, 0.2) is 0 Å². The standard InChI is InChI=1S/C16H36N2.Sn.2H/c1-6-17(7-2)14-10-12-16(5)13-11-15-18(8-3)9-4;;;/h16H,6-15H2,1-5H3;;;. The van der Waals surface area contributed by atoms with Crippen LogP contribution in [0.5, 0.6) is 0 Å². The fraction of sp³-hybridized carbons (Fsp3) is 1.00. The van der Waals surface area contributed by atoms with Gasteiger partial charge in [-0.2, -0.15) is 0 Å². The van der Waals surface area contributed by atoms with Crippen molar-refractivity contribution in [2.75, 3.05) is 39.3 Å². The van der Waals surface area contributed by atoms with Crippen LogP contribution in [0.4, 0.5) is 0 Å². The molecule has 3 heteroatoms. The molecule has 0 saturated heterocycles. The van der Waals surface area contributed by atoms with E-state index < -0.39 is 0 Å². The van der Waals surface area contributed by atoms with Crippen LogP contribution in [0, 0.1) is 5.92 Å². The van der Waals surface area contributed by atoms with E-state index in [4.69, 9.17) is 0 Å². The van der Waals surface area contributed by atoms with Crippen LogP contribution in [-0.2, 0) is 0 Å². The van der Waals surface area contributed by atoms with Crippen LogP contribution in [0.15, 0.2) is 0 Å². The molecule has 116 valence electrons. The summed E-state index contributed by atoms with van der Waals surface area (Å²) in [6.07, 6.45) is 5.53. The third kappa shape index (κ3) is 12.2. The summed E-state index contributed by atoms with van der Waals surface area (Å²) in [5.74, 6) is 0.899. The van der Waals surface area contributed by atoms with E-state index in [0.29, 0.717) is 0 Å². The Bertz CT molecular complexity index is 150. The molecule has 0 aliphatic carbocycles. The first-order valence-corrected chi connectivity index (χ1v) is 8.12. The molecule has 19 heavy (non-hydrogen) atoms. The molecule has 0 unspecified atom stereocenters. The van der Waals surface area contributed by atoms with E-state index in [1.165, 1.54) is 65.0 Å². The van der Waals surface area contributed by atoms with Gasteiger partial charge in [0.1, 0.15) is 0 Å². The van der Waals surface area contributed by atoms with Crippen LogP contribution >= 0.6 is 0 Å². The first kappa shape index (κ1) is 22.0. The summed E-state index contributed by atoms with van der Waals surface area (Å²) in [6, 6.07) is 0.